The van der Waals surface area contributed by atoms with Gasteiger partial charge >= 0.3 is 13.6 Å². The van der Waals surface area contributed by atoms with Gasteiger partial charge in [-0.05, 0) is 27.2 Å². The zero-order chi connectivity index (χ0) is 11.4. The predicted molar refractivity (Wildman–Crippen MR) is 51.9 cm³/mol. The number of ether oxygens (including phenoxy) is 1. The highest BCUT2D eigenvalue weighted by Crippen LogP contribution is 2.39. The van der Waals surface area contributed by atoms with Crippen molar-refractivity contribution in [2.24, 2.45) is 5.41 Å². The van der Waals surface area contributed by atoms with E-state index in [1.807, 2.05) is 0 Å². The van der Waals surface area contributed by atoms with Gasteiger partial charge < -0.3 is 14.5 Å². The summed E-state index contributed by atoms with van der Waals surface area (Å²) in [7, 11) is -4.03. The lowest BCUT2D eigenvalue weighted by molar-refractivity contribution is -0.153. The Labute approximate surface area is 83.6 Å². The summed E-state index contributed by atoms with van der Waals surface area (Å²) < 4.78 is 15.4. The Morgan fingerprint density at radius 2 is 1.93 bits per heavy atom. The maximum Gasteiger partial charge on any atom is 0.325 e. The Morgan fingerprint density at radius 1 is 1.43 bits per heavy atom. The van der Waals surface area contributed by atoms with Crippen LogP contribution in [0.25, 0.3) is 0 Å². The summed E-state index contributed by atoms with van der Waals surface area (Å²) in [6, 6.07) is 0. The summed E-state index contributed by atoms with van der Waals surface area (Å²) in [6.07, 6.45) is -0.172. The first-order valence-corrected chi connectivity index (χ1v) is 6.20. The molecule has 0 aromatic rings. The van der Waals surface area contributed by atoms with Gasteiger partial charge in [0.1, 0.15) is 0 Å². The molecule has 0 aromatic heterocycles. The third kappa shape index (κ3) is 5.37. The molecule has 0 atom stereocenters. The minimum absolute atomic E-state index is 0.121. The molecule has 0 radical (unpaired) electrons. The highest BCUT2D eigenvalue weighted by atomic mass is 31.2. The van der Waals surface area contributed by atoms with Crippen LogP contribution in [0.1, 0.15) is 27.2 Å². The minimum Gasteiger partial charge on any atom is -0.466 e. The summed E-state index contributed by atoms with van der Waals surface area (Å²) in [5, 5.41) is 0. The van der Waals surface area contributed by atoms with Crippen LogP contribution in [0.5, 0.6) is 0 Å². The maximum atomic E-state index is 11.3. The Hall–Kier alpha value is -0.380. The molecule has 0 bridgehead atoms. The molecule has 0 rings (SSSR count). The first-order chi connectivity index (χ1) is 6.19. The van der Waals surface area contributed by atoms with Gasteiger partial charge in [0, 0.05) is 0 Å². The second kappa shape index (κ2) is 4.91. The summed E-state index contributed by atoms with van der Waals surface area (Å²) >= 11 is 0. The molecular weight excluding hydrogens is 207 g/mol. The lowest BCUT2D eigenvalue weighted by atomic mass is 9.90. The highest BCUT2D eigenvalue weighted by Gasteiger charge is 2.31. The second-order valence-corrected chi connectivity index (χ2v) is 5.52. The van der Waals surface area contributed by atoms with Crippen LogP contribution >= 0.6 is 7.60 Å². The molecule has 0 spiro atoms. The van der Waals surface area contributed by atoms with Crippen molar-refractivity contribution in [1.82, 2.24) is 0 Å². The van der Waals surface area contributed by atoms with Crippen LogP contribution < -0.4 is 0 Å². The molecule has 6 heteroatoms. The topological polar surface area (TPSA) is 83.8 Å². The molecule has 0 aromatic carbocycles. The summed E-state index contributed by atoms with van der Waals surface area (Å²) in [4.78, 5) is 28.6. The Kier molecular flexibility index (Phi) is 4.78. The fourth-order valence-corrected chi connectivity index (χ4v) is 1.70. The van der Waals surface area contributed by atoms with Gasteiger partial charge in [-0.25, -0.2) is 0 Å². The number of hydrogen-bond donors (Lipinski definition) is 2. The quantitative estimate of drug-likeness (QED) is 0.540. The molecule has 0 heterocycles. The Morgan fingerprint density at radius 3 is 2.29 bits per heavy atom. The summed E-state index contributed by atoms with van der Waals surface area (Å²) in [6.45, 7) is 5.19. The summed E-state index contributed by atoms with van der Waals surface area (Å²) in [5.74, 6) is -0.423. The normalized spacial score (nSPS) is 12.6. The largest absolute Gasteiger partial charge is 0.466 e. The molecule has 84 valence electrons. The molecule has 0 saturated carbocycles. The predicted octanol–water partition coefficient (Wildman–Crippen LogP) is 1.14. The van der Waals surface area contributed by atoms with E-state index >= 15 is 0 Å². The molecule has 0 amide bonds. The van der Waals surface area contributed by atoms with Crippen molar-refractivity contribution in [3.05, 3.63) is 0 Å². The van der Waals surface area contributed by atoms with Crippen LogP contribution in [0.3, 0.4) is 0 Å². The van der Waals surface area contributed by atoms with Crippen molar-refractivity contribution in [3.8, 4) is 0 Å². The van der Waals surface area contributed by atoms with Crippen molar-refractivity contribution in [3.63, 3.8) is 0 Å². The third-order valence-corrected chi connectivity index (χ3v) is 2.66. The Bertz CT molecular complexity index is 242. The van der Waals surface area contributed by atoms with E-state index in [0.29, 0.717) is 0 Å². The van der Waals surface area contributed by atoms with Crippen LogP contribution in [0.2, 0.25) is 0 Å². The van der Waals surface area contributed by atoms with Gasteiger partial charge in [-0.3, -0.25) is 9.36 Å². The molecule has 0 unspecified atom stereocenters. The molecule has 0 aliphatic rings. The van der Waals surface area contributed by atoms with Crippen LogP contribution in [-0.4, -0.2) is 28.5 Å². The number of carbonyl (C=O) groups excluding carboxylic acids is 1. The van der Waals surface area contributed by atoms with Gasteiger partial charge in [0.05, 0.1) is 18.2 Å². The van der Waals surface area contributed by atoms with Crippen molar-refractivity contribution >= 4 is 13.6 Å². The lowest BCUT2D eigenvalue weighted by Gasteiger charge is -2.22. The lowest BCUT2D eigenvalue weighted by Crippen LogP contribution is -2.27. The molecule has 14 heavy (non-hydrogen) atoms. The van der Waals surface area contributed by atoms with Gasteiger partial charge in [-0.15, -0.1) is 0 Å². The third-order valence-electron chi connectivity index (χ3n) is 1.86. The van der Waals surface area contributed by atoms with Gasteiger partial charge in [0.2, 0.25) is 0 Å². The molecule has 5 nitrogen and oxygen atoms in total. The van der Waals surface area contributed by atoms with E-state index < -0.39 is 19.0 Å². The number of hydrogen-bond acceptors (Lipinski definition) is 3. The zero-order valence-electron chi connectivity index (χ0n) is 8.69. The molecular formula is C8H17O5P. The SMILES string of the molecule is CCOC(=O)C(C)(C)CCP(=O)(O)O. The van der Waals surface area contributed by atoms with Crippen molar-refractivity contribution in [2.75, 3.05) is 12.8 Å². The fraction of sp³-hybridized carbons (Fsp3) is 0.875. The van der Waals surface area contributed by atoms with E-state index in [1.165, 1.54) is 0 Å². The zero-order valence-corrected chi connectivity index (χ0v) is 9.58. The number of carbonyl (C=O) groups is 1. The maximum absolute atomic E-state index is 11.3. The Balaban J connectivity index is 4.20. The molecule has 0 saturated heterocycles. The number of rotatable bonds is 5. The monoisotopic (exact) mass is 224 g/mol. The van der Waals surface area contributed by atoms with Gasteiger partial charge in [-0.1, -0.05) is 0 Å². The molecule has 0 aliphatic heterocycles. The van der Waals surface area contributed by atoms with Crippen molar-refractivity contribution < 1.29 is 23.9 Å². The van der Waals surface area contributed by atoms with E-state index in [-0.39, 0.29) is 19.2 Å². The molecule has 2 N–H and O–H groups in total. The average Bonchev–Trinajstić information content (AvgIpc) is 2.00. The first kappa shape index (κ1) is 13.6. The van der Waals surface area contributed by atoms with E-state index in [9.17, 15) is 9.36 Å². The first-order valence-electron chi connectivity index (χ1n) is 4.41. The van der Waals surface area contributed by atoms with Crippen molar-refractivity contribution in [2.45, 2.75) is 27.2 Å². The van der Waals surface area contributed by atoms with Crippen molar-refractivity contribution in [1.29, 1.82) is 0 Å². The van der Waals surface area contributed by atoms with E-state index in [1.54, 1.807) is 20.8 Å². The van der Waals surface area contributed by atoms with E-state index in [0.717, 1.165) is 0 Å². The van der Waals surface area contributed by atoms with Gasteiger partial charge in [0.15, 0.2) is 0 Å². The van der Waals surface area contributed by atoms with Crippen LogP contribution in [0.4, 0.5) is 0 Å². The summed E-state index contributed by atoms with van der Waals surface area (Å²) in [5.41, 5.74) is -0.836. The second-order valence-electron chi connectivity index (χ2n) is 3.74. The smallest absolute Gasteiger partial charge is 0.325 e. The standard InChI is InChI=1S/C8H17O5P/c1-4-13-7(9)8(2,3)5-6-14(10,11)12/h4-6H2,1-3H3,(H2,10,11,12). The van der Waals surface area contributed by atoms with E-state index in [2.05, 4.69) is 0 Å². The van der Waals surface area contributed by atoms with E-state index in [4.69, 9.17) is 14.5 Å². The highest BCUT2D eigenvalue weighted by molar-refractivity contribution is 7.51. The fourth-order valence-electron chi connectivity index (χ4n) is 0.854. The number of esters is 1. The molecule has 0 aliphatic carbocycles. The van der Waals surface area contributed by atoms with Crippen LogP contribution in [0.15, 0.2) is 0 Å². The van der Waals surface area contributed by atoms with Crippen LogP contribution in [0, 0.1) is 5.41 Å². The van der Waals surface area contributed by atoms with Gasteiger partial charge in [0.25, 0.3) is 0 Å². The van der Waals surface area contributed by atoms with Crippen LogP contribution in [-0.2, 0) is 14.1 Å². The molecule has 0 fully saturated rings. The minimum atomic E-state index is -4.03. The van der Waals surface area contributed by atoms with Gasteiger partial charge in [-0.2, -0.15) is 0 Å². The average molecular weight is 224 g/mol.